The number of hydrogen-bond donors (Lipinski definition) is 1. The van der Waals surface area contributed by atoms with Gasteiger partial charge in [0.2, 0.25) is 5.91 Å². The molecular weight excluding hydrogens is 390 g/mol. The molecule has 0 aliphatic carbocycles. The first-order valence-corrected chi connectivity index (χ1v) is 10.4. The lowest BCUT2D eigenvalue weighted by Crippen LogP contribution is -2.27. The van der Waals surface area contributed by atoms with Gasteiger partial charge in [0.15, 0.2) is 5.82 Å². The van der Waals surface area contributed by atoms with Crippen molar-refractivity contribution in [1.29, 1.82) is 0 Å². The maximum absolute atomic E-state index is 12.5. The van der Waals surface area contributed by atoms with Gasteiger partial charge in [0.1, 0.15) is 5.69 Å². The fourth-order valence-electron chi connectivity index (χ4n) is 3.88. The molecule has 5 rings (SSSR count). The van der Waals surface area contributed by atoms with E-state index in [4.69, 9.17) is 4.52 Å². The molecule has 1 fully saturated rings. The van der Waals surface area contributed by atoms with Gasteiger partial charge < -0.3 is 9.42 Å². The summed E-state index contributed by atoms with van der Waals surface area (Å²) in [6, 6.07) is 20.2. The second kappa shape index (κ2) is 8.18. The van der Waals surface area contributed by atoms with Crippen LogP contribution in [0.25, 0.3) is 22.8 Å². The molecule has 3 heterocycles. The Morgan fingerprint density at radius 3 is 2.74 bits per heavy atom. The molecule has 1 atom stereocenters. The van der Waals surface area contributed by atoms with Crippen molar-refractivity contribution in [3.8, 4) is 22.8 Å². The predicted octanol–water partition coefficient (Wildman–Crippen LogP) is 3.99. The van der Waals surface area contributed by atoms with Crippen molar-refractivity contribution in [2.75, 3.05) is 13.1 Å². The van der Waals surface area contributed by atoms with E-state index in [1.165, 1.54) is 11.1 Å². The molecule has 156 valence electrons. The lowest BCUT2D eigenvalue weighted by Gasteiger charge is -2.16. The Kier molecular flexibility index (Phi) is 5.08. The Bertz CT molecular complexity index is 1180. The largest absolute Gasteiger partial charge is 0.342 e. The highest BCUT2D eigenvalue weighted by Gasteiger charge is 2.33. The van der Waals surface area contributed by atoms with Crippen LogP contribution >= 0.6 is 0 Å². The van der Waals surface area contributed by atoms with Crippen molar-refractivity contribution < 1.29 is 9.32 Å². The Labute approximate surface area is 180 Å². The van der Waals surface area contributed by atoms with Gasteiger partial charge in [-0.15, -0.1) is 0 Å². The Morgan fingerprint density at radius 1 is 1.13 bits per heavy atom. The Balaban J connectivity index is 1.24. The summed E-state index contributed by atoms with van der Waals surface area (Å²) in [5, 5.41) is 11.4. The van der Waals surface area contributed by atoms with Crippen LogP contribution in [-0.2, 0) is 11.2 Å². The molecule has 2 aromatic heterocycles. The molecule has 1 amide bonds. The quantitative estimate of drug-likeness (QED) is 0.516. The van der Waals surface area contributed by atoms with E-state index >= 15 is 0 Å². The molecule has 0 bridgehead atoms. The third-order valence-electron chi connectivity index (χ3n) is 5.69. The molecule has 0 radical (unpaired) electrons. The summed E-state index contributed by atoms with van der Waals surface area (Å²) in [6.45, 7) is 3.38. The second-order valence-corrected chi connectivity index (χ2v) is 7.97. The summed E-state index contributed by atoms with van der Waals surface area (Å²) in [7, 11) is 0. The highest BCUT2D eigenvalue weighted by atomic mass is 16.5. The van der Waals surface area contributed by atoms with Gasteiger partial charge in [-0.25, -0.2) is 0 Å². The van der Waals surface area contributed by atoms with Crippen LogP contribution in [0.1, 0.15) is 29.3 Å². The average Bonchev–Trinajstić information content (AvgIpc) is 3.53. The van der Waals surface area contributed by atoms with E-state index in [-0.39, 0.29) is 11.8 Å². The molecule has 1 aliphatic heterocycles. The molecule has 2 aromatic carbocycles. The van der Waals surface area contributed by atoms with E-state index in [0.29, 0.717) is 36.9 Å². The zero-order valence-corrected chi connectivity index (χ0v) is 17.3. The van der Waals surface area contributed by atoms with Crippen LogP contribution in [0.5, 0.6) is 0 Å². The number of carbonyl (C=O) groups excluding carboxylic acids is 1. The van der Waals surface area contributed by atoms with Crippen molar-refractivity contribution in [3.63, 3.8) is 0 Å². The van der Waals surface area contributed by atoms with Gasteiger partial charge >= 0.3 is 0 Å². The van der Waals surface area contributed by atoms with Crippen molar-refractivity contribution in [1.82, 2.24) is 25.2 Å². The monoisotopic (exact) mass is 413 g/mol. The highest BCUT2D eigenvalue weighted by Crippen LogP contribution is 2.29. The van der Waals surface area contributed by atoms with Crippen LogP contribution in [0.15, 0.2) is 65.2 Å². The van der Waals surface area contributed by atoms with E-state index in [1.54, 1.807) is 0 Å². The number of likely N-dealkylation sites (tertiary alicyclic amines) is 1. The molecule has 4 aromatic rings. The number of H-pyrrole nitrogens is 1. The van der Waals surface area contributed by atoms with Crippen molar-refractivity contribution >= 4 is 5.91 Å². The van der Waals surface area contributed by atoms with Gasteiger partial charge in [-0.2, -0.15) is 10.1 Å². The number of rotatable bonds is 6. The van der Waals surface area contributed by atoms with E-state index in [0.717, 1.165) is 17.7 Å². The summed E-state index contributed by atoms with van der Waals surface area (Å²) in [6.07, 6.45) is 1.25. The maximum atomic E-state index is 12.5. The van der Waals surface area contributed by atoms with Gasteiger partial charge in [-0.3, -0.25) is 9.89 Å². The van der Waals surface area contributed by atoms with Gasteiger partial charge in [0.25, 0.3) is 5.89 Å². The predicted molar refractivity (Wildman–Crippen MR) is 116 cm³/mol. The van der Waals surface area contributed by atoms with Crippen molar-refractivity contribution in [2.24, 2.45) is 0 Å². The lowest BCUT2D eigenvalue weighted by molar-refractivity contribution is -0.127. The molecule has 7 nitrogen and oxygen atoms in total. The molecule has 1 N–H and O–H groups in total. The normalized spacial score (nSPS) is 16.2. The number of nitrogens with zero attached hydrogens (tertiary/aromatic N) is 4. The molecule has 7 heteroatoms. The van der Waals surface area contributed by atoms with E-state index in [9.17, 15) is 4.79 Å². The SMILES string of the molecule is Cc1ccc(CCN2CC(c3noc(-c4cc(-c5ccccc5)n[nH]4)n3)CC2=O)cc1. The van der Waals surface area contributed by atoms with Crippen LogP contribution in [0.4, 0.5) is 0 Å². The molecule has 0 saturated carbocycles. The third kappa shape index (κ3) is 4.12. The molecule has 0 spiro atoms. The van der Waals surface area contributed by atoms with E-state index < -0.39 is 0 Å². The number of aromatic amines is 1. The number of amides is 1. The fraction of sp³-hybridized carbons (Fsp3) is 0.250. The summed E-state index contributed by atoms with van der Waals surface area (Å²) in [4.78, 5) is 18.9. The number of benzene rings is 2. The van der Waals surface area contributed by atoms with Gasteiger partial charge in [0, 0.05) is 31.0 Å². The van der Waals surface area contributed by atoms with Crippen molar-refractivity contribution in [3.05, 3.63) is 77.6 Å². The van der Waals surface area contributed by atoms with Crippen molar-refractivity contribution in [2.45, 2.75) is 25.7 Å². The topological polar surface area (TPSA) is 87.9 Å². The lowest BCUT2D eigenvalue weighted by atomic mass is 10.1. The minimum atomic E-state index is -0.0560. The highest BCUT2D eigenvalue weighted by molar-refractivity contribution is 5.79. The average molecular weight is 413 g/mol. The van der Waals surface area contributed by atoms with Crippen LogP contribution < -0.4 is 0 Å². The number of aryl methyl sites for hydroxylation is 1. The van der Waals surface area contributed by atoms with Crippen LogP contribution in [0.2, 0.25) is 0 Å². The molecule has 1 unspecified atom stereocenters. The Hall–Kier alpha value is -3.74. The number of hydrogen-bond acceptors (Lipinski definition) is 5. The Morgan fingerprint density at radius 2 is 1.94 bits per heavy atom. The minimum absolute atomic E-state index is 0.0560. The minimum Gasteiger partial charge on any atom is -0.342 e. The smallest absolute Gasteiger partial charge is 0.275 e. The third-order valence-corrected chi connectivity index (χ3v) is 5.69. The van der Waals surface area contributed by atoms with E-state index in [2.05, 4.69) is 51.5 Å². The summed E-state index contributed by atoms with van der Waals surface area (Å²) < 4.78 is 5.46. The van der Waals surface area contributed by atoms with Crippen LogP contribution in [0, 0.1) is 6.92 Å². The number of aromatic nitrogens is 4. The first-order valence-electron chi connectivity index (χ1n) is 10.4. The van der Waals surface area contributed by atoms with Gasteiger partial charge in [-0.1, -0.05) is 65.3 Å². The number of carbonyl (C=O) groups is 1. The second-order valence-electron chi connectivity index (χ2n) is 7.97. The fourth-order valence-corrected chi connectivity index (χ4v) is 3.88. The van der Waals surface area contributed by atoms with Gasteiger partial charge in [-0.05, 0) is 25.0 Å². The summed E-state index contributed by atoms with van der Waals surface area (Å²) in [5.41, 5.74) is 4.96. The molecular formula is C24H23N5O2. The summed E-state index contributed by atoms with van der Waals surface area (Å²) >= 11 is 0. The zero-order valence-electron chi connectivity index (χ0n) is 17.3. The van der Waals surface area contributed by atoms with Crippen LogP contribution in [0.3, 0.4) is 0 Å². The molecule has 1 aliphatic rings. The van der Waals surface area contributed by atoms with Gasteiger partial charge in [0.05, 0.1) is 5.69 Å². The number of nitrogens with one attached hydrogen (secondary N) is 1. The molecule has 31 heavy (non-hydrogen) atoms. The van der Waals surface area contributed by atoms with Crippen LogP contribution in [-0.4, -0.2) is 44.2 Å². The van der Waals surface area contributed by atoms with E-state index in [1.807, 2.05) is 41.3 Å². The maximum Gasteiger partial charge on any atom is 0.275 e. The summed E-state index contributed by atoms with van der Waals surface area (Å²) in [5.74, 6) is 1.03. The molecule has 1 saturated heterocycles. The standard InChI is InChI=1S/C24H23N5O2/c1-16-7-9-17(10-8-16)11-12-29-15-19(13-22(29)30)23-25-24(31-28-23)21-14-20(26-27-21)18-5-3-2-4-6-18/h2-10,14,19H,11-13,15H2,1H3,(H,26,27). The zero-order chi connectivity index (χ0) is 21.2. The first kappa shape index (κ1) is 19.2. The first-order chi connectivity index (χ1) is 15.2.